The van der Waals surface area contributed by atoms with Gasteiger partial charge >= 0.3 is 0 Å². The molecule has 0 spiro atoms. The second kappa shape index (κ2) is 8.90. The van der Waals surface area contributed by atoms with E-state index < -0.39 is 10.0 Å². The predicted molar refractivity (Wildman–Crippen MR) is 120 cm³/mol. The summed E-state index contributed by atoms with van der Waals surface area (Å²) < 4.78 is 27.5. The lowest BCUT2D eigenvalue weighted by Crippen LogP contribution is -2.43. The second-order valence-electron chi connectivity index (χ2n) is 8.51. The third kappa shape index (κ3) is 4.76. The molecule has 0 saturated carbocycles. The summed E-state index contributed by atoms with van der Waals surface area (Å²) in [6.07, 6.45) is 1.07. The summed E-state index contributed by atoms with van der Waals surface area (Å²) in [6, 6.07) is 11.4. The van der Waals surface area contributed by atoms with Gasteiger partial charge in [-0.25, -0.2) is 8.42 Å². The fourth-order valence-electron chi connectivity index (χ4n) is 4.02. The lowest BCUT2D eigenvalue weighted by Gasteiger charge is -2.31. The van der Waals surface area contributed by atoms with E-state index >= 15 is 0 Å². The van der Waals surface area contributed by atoms with Crippen LogP contribution in [0.1, 0.15) is 53.6 Å². The Morgan fingerprint density at radius 3 is 2.23 bits per heavy atom. The molecule has 5 nitrogen and oxygen atoms in total. The minimum atomic E-state index is -3.53. The highest BCUT2D eigenvalue weighted by atomic mass is 32.2. The molecule has 1 heterocycles. The van der Waals surface area contributed by atoms with Gasteiger partial charge in [-0.3, -0.25) is 4.79 Å². The SMILES string of the molecule is Cc1ccc(C)c(C(C)NC(=O)C2CCN(S(=O)(=O)c3ccc(C)c(C)c3)CC2)c1. The number of aryl methyl sites for hydroxylation is 4. The smallest absolute Gasteiger partial charge is 0.243 e. The molecule has 162 valence electrons. The van der Waals surface area contributed by atoms with Gasteiger partial charge in [-0.05, 0) is 81.8 Å². The summed E-state index contributed by atoms with van der Waals surface area (Å²) in [7, 11) is -3.53. The molecule has 0 aliphatic carbocycles. The first kappa shape index (κ1) is 22.5. The number of sulfonamides is 1. The van der Waals surface area contributed by atoms with Crippen LogP contribution in [0, 0.1) is 33.6 Å². The number of amides is 1. The summed E-state index contributed by atoms with van der Waals surface area (Å²) in [6.45, 7) is 10.7. The van der Waals surface area contributed by atoms with Gasteiger partial charge in [-0.2, -0.15) is 4.31 Å². The molecule has 1 fully saturated rings. The van der Waals surface area contributed by atoms with Gasteiger partial charge in [0.2, 0.25) is 15.9 Å². The lowest BCUT2D eigenvalue weighted by molar-refractivity contribution is -0.126. The van der Waals surface area contributed by atoms with Gasteiger partial charge < -0.3 is 5.32 Å². The van der Waals surface area contributed by atoms with Crippen LogP contribution >= 0.6 is 0 Å². The molecule has 1 amide bonds. The van der Waals surface area contributed by atoms with Crippen LogP contribution in [0.2, 0.25) is 0 Å². The van der Waals surface area contributed by atoms with Crippen LogP contribution in [-0.2, 0) is 14.8 Å². The van der Waals surface area contributed by atoms with Crippen LogP contribution in [0.5, 0.6) is 0 Å². The number of nitrogens with zero attached hydrogens (tertiary/aromatic N) is 1. The van der Waals surface area contributed by atoms with Crippen LogP contribution in [0.3, 0.4) is 0 Å². The molecule has 30 heavy (non-hydrogen) atoms. The Morgan fingerprint density at radius 1 is 0.967 bits per heavy atom. The van der Waals surface area contributed by atoms with E-state index in [4.69, 9.17) is 0 Å². The van der Waals surface area contributed by atoms with Crippen LogP contribution in [0.4, 0.5) is 0 Å². The Bertz CT molecular complexity index is 1040. The number of carbonyl (C=O) groups is 1. The average Bonchev–Trinajstić information content (AvgIpc) is 2.71. The van der Waals surface area contributed by atoms with Gasteiger partial charge in [0, 0.05) is 19.0 Å². The van der Waals surface area contributed by atoms with E-state index in [0.717, 1.165) is 22.3 Å². The van der Waals surface area contributed by atoms with E-state index in [9.17, 15) is 13.2 Å². The topological polar surface area (TPSA) is 66.5 Å². The molecule has 2 aromatic rings. The summed E-state index contributed by atoms with van der Waals surface area (Å²) in [4.78, 5) is 13.1. The highest BCUT2D eigenvalue weighted by Crippen LogP contribution is 2.26. The maximum atomic E-state index is 13.0. The molecule has 1 aliphatic heterocycles. The molecule has 0 aromatic heterocycles. The summed E-state index contributed by atoms with van der Waals surface area (Å²) >= 11 is 0. The zero-order valence-electron chi connectivity index (χ0n) is 18.5. The lowest BCUT2D eigenvalue weighted by atomic mass is 9.95. The number of hydrogen-bond acceptors (Lipinski definition) is 3. The quantitative estimate of drug-likeness (QED) is 0.776. The fourth-order valence-corrected chi connectivity index (χ4v) is 5.57. The maximum Gasteiger partial charge on any atom is 0.243 e. The van der Waals surface area contributed by atoms with Crippen LogP contribution in [0.15, 0.2) is 41.3 Å². The van der Waals surface area contributed by atoms with Gasteiger partial charge in [0.25, 0.3) is 0 Å². The molecule has 0 bridgehead atoms. The van der Waals surface area contributed by atoms with Crippen molar-refractivity contribution in [3.63, 3.8) is 0 Å². The Balaban J connectivity index is 1.62. The maximum absolute atomic E-state index is 13.0. The monoisotopic (exact) mass is 428 g/mol. The van der Waals surface area contributed by atoms with Crippen molar-refractivity contribution in [2.24, 2.45) is 5.92 Å². The summed E-state index contributed by atoms with van der Waals surface area (Å²) in [5, 5.41) is 3.13. The first-order valence-electron chi connectivity index (χ1n) is 10.5. The zero-order chi connectivity index (χ0) is 22.1. The Kier molecular flexibility index (Phi) is 6.68. The van der Waals surface area contributed by atoms with E-state index in [1.807, 2.05) is 40.7 Å². The zero-order valence-corrected chi connectivity index (χ0v) is 19.3. The largest absolute Gasteiger partial charge is 0.349 e. The Labute approximate surface area is 180 Å². The van der Waals surface area contributed by atoms with Crippen LogP contribution < -0.4 is 5.32 Å². The standard InChI is InChI=1S/C24H32N2O3S/c1-16-6-7-18(3)23(14-16)20(5)25-24(27)21-10-12-26(13-11-21)30(28,29)22-9-8-17(2)19(4)15-22/h6-9,14-15,20-21H,10-13H2,1-5H3,(H,25,27). The van der Waals surface area contributed by atoms with Crippen molar-refractivity contribution in [2.75, 3.05) is 13.1 Å². The molecular weight excluding hydrogens is 396 g/mol. The van der Waals surface area contributed by atoms with Crippen molar-refractivity contribution in [1.82, 2.24) is 9.62 Å². The third-order valence-corrected chi connectivity index (χ3v) is 8.10. The predicted octanol–water partition coefficient (Wildman–Crippen LogP) is 4.20. The molecular formula is C24H32N2O3S. The van der Waals surface area contributed by atoms with Crippen molar-refractivity contribution in [3.8, 4) is 0 Å². The number of benzene rings is 2. The number of nitrogens with one attached hydrogen (secondary N) is 1. The first-order valence-corrected chi connectivity index (χ1v) is 12.0. The average molecular weight is 429 g/mol. The van der Waals surface area contributed by atoms with Crippen LogP contribution in [-0.4, -0.2) is 31.7 Å². The third-order valence-electron chi connectivity index (χ3n) is 6.20. The minimum absolute atomic E-state index is 0.00614. The van der Waals surface area contributed by atoms with E-state index in [2.05, 4.69) is 23.5 Å². The normalized spacial score (nSPS) is 17.0. The van der Waals surface area contributed by atoms with Gasteiger partial charge in [-0.1, -0.05) is 29.8 Å². The molecule has 1 N–H and O–H groups in total. The van der Waals surface area contributed by atoms with E-state index in [0.29, 0.717) is 30.8 Å². The van der Waals surface area contributed by atoms with E-state index in [1.165, 1.54) is 9.87 Å². The molecule has 2 aromatic carbocycles. The van der Waals surface area contributed by atoms with Crippen molar-refractivity contribution < 1.29 is 13.2 Å². The minimum Gasteiger partial charge on any atom is -0.349 e. The van der Waals surface area contributed by atoms with E-state index in [1.54, 1.807) is 12.1 Å². The number of hydrogen-bond donors (Lipinski definition) is 1. The molecule has 1 saturated heterocycles. The number of carbonyl (C=O) groups excluding carboxylic acids is 1. The second-order valence-corrected chi connectivity index (χ2v) is 10.5. The summed E-state index contributed by atoms with van der Waals surface area (Å²) in [5.41, 5.74) is 5.48. The number of piperidine rings is 1. The Morgan fingerprint density at radius 2 is 1.60 bits per heavy atom. The van der Waals surface area contributed by atoms with Crippen LogP contribution in [0.25, 0.3) is 0 Å². The summed E-state index contributed by atoms with van der Waals surface area (Å²) in [5.74, 6) is -0.157. The molecule has 1 unspecified atom stereocenters. The van der Waals surface area contributed by atoms with Gasteiger partial charge in [0.1, 0.15) is 0 Å². The molecule has 0 radical (unpaired) electrons. The fraction of sp³-hybridized carbons (Fsp3) is 0.458. The first-order chi connectivity index (χ1) is 14.1. The molecule has 1 aliphatic rings. The molecule has 6 heteroatoms. The number of rotatable bonds is 5. The molecule has 3 rings (SSSR count). The van der Waals surface area contributed by atoms with Crippen molar-refractivity contribution in [2.45, 2.75) is 58.4 Å². The van der Waals surface area contributed by atoms with Gasteiger partial charge in [0.15, 0.2) is 0 Å². The van der Waals surface area contributed by atoms with Gasteiger partial charge in [0.05, 0.1) is 10.9 Å². The highest BCUT2D eigenvalue weighted by Gasteiger charge is 2.32. The molecule has 1 atom stereocenters. The van der Waals surface area contributed by atoms with Gasteiger partial charge in [-0.15, -0.1) is 0 Å². The van der Waals surface area contributed by atoms with E-state index in [-0.39, 0.29) is 17.9 Å². The van der Waals surface area contributed by atoms with Crippen molar-refractivity contribution in [1.29, 1.82) is 0 Å². The van der Waals surface area contributed by atoms with Crippen molar-refractivity contribution in [3.05, 3.63) is 64.2 Å². The van der Waals surface area contributed by atoms with Crippen molar-refractivity contribution >= 4 is 15.9 Å². The highest BCUT2D eigenvalue weighted by molar-refractivity contribution is 7.89. The Hall–Kier alpha value is -2.18.